The molecule has 1 atom stereocenters. The van der Waals surface area contributed by atoms with Gasteiger partial charge in [0.1, 0.15) is 11.5 Å². The number of aryl methyl sites for hydroxylation is 1. The molecule has 0 aliphatic carbocycles. The molecule has 0 bridgehead atoms. The van der Waals surface area contributed by atoms with E-state index in [0.717, 1.165) is 5.76 Å². The summed E-state index contributed by atoms with van der Waals surface area (Å²) in [5.74, 6) is 1.30. The highest BCUT2D eigenvalue weighted by Gasteiger charge is 2.24. The second-order valence-electron chi connectivity index (χ2n) is 4.68. The van der Waals surface area contributed by atoms with E-state index in [4.69, 9.17) is 4.42 Å². The number of aromatic nitrogens is 1. The molecule has 0 radical (unpaired) electrons. The van der Waals surface area contributed by atoms with Gasteiger partial charge in [0.2, 0.25) is 0 Å². The molecule has 0 spiro atoms. The average Bonchev–Trinajstić information content (AvgIpc) is 2.86. The van der Waals surface area contributed by atoms with Crippen molar-refractivity contribution in [2.75, 3.05) is 11.9 Å². The Morgan fingerprint density at radius 1 is 1.33 bits per heavy atom. The second-order valence-corrected chi connectivity index (χ2v) is 6.31. The molecule has 1 unspecified atom stereocenters. The van der Waals surface area contributed by atoms with Gasteiger partial charge in [-0.15, -0.1) is 0 Å². The fourth-order valence-electron chi connectivity index (χ4n) is 1.96. The Morgan fingerprint density at radius 3 is 2.71 bits per heavy atom. The Morgan fingerprint density at radius 2 is 2.10 bits per heavy atom. The van der Waals surface area contributed by atoms with Crippen LogP contribution in [0.1, 0.15) is 31.4 Å². The number of sulfonamides is 1. The van der Waals surface area contributed by atoms with E-state index in [2.05, 4.69) is 15.0 Å². The molecule has 21 heavy (non-hydrogen) atoms. The molecule has 2 rings (SSSR count). The topological polar surface area (TPSA) is 84.2 Å². The molecule has 0 amide bonds. The molecule has 2 aromatic heterocycles. The smallest absolute Gasteiger partial charge is 0.260 e. The number of hydrogen-bond acceptors (Lipinski definition) is 5. The Hall–Kier alpha value is -1.86. The molecular weight excluding hydrogens is 290 g/mol. The maximum absolute atomic E-state index is 12.5. The largest absolute Gasteiger partial charge is 0.465 e. The third-order valence-corrected chi connectivity index (χ3v) is 4.41. The maximum Gasteiger partial charge on any atom is 0.260 e. The number of nitrogens with zero attached hydrogens (tertiary/aromatic N) is 1. The van der Waals surface area contributed by atoms with Gasteiger partial charge in [0.15, 0.2) is 5.03 Å². The molecule has 6 nitrogen and oxygen atoms in total. The molecule has 2 heterocycles. The predicted molar refractivity (Wildman–Crippen MR) is 80.6 cm³/mol. The molecule has 114 valence electrons. The molecule has 0 saturated heterocycles. The Balaban J connectivity index is 2.26. The van der Waals surface area contributed by atoms with Crippen LogP contribution >= 0.6 is 0 Å². The van der Waals surface area contributed by atoms with Gasteiger partial charge in [-0.2, -0.15) is 4.72 Å². The van der Waals surface area contributed by atoms with Crippen molar-refractivity contribution < 1.29 is 12.8 Å². The lowest BCUT2D eigenvalue weighted by atomic mass is 10.3. The number of rotatable bonds is 6. The minimum absolute atomic E-state index is 0.0121. The lowest BCUT2D eigenvalue weighted by Crippen LogP contribution is -2.28. The van der Waals surface area contributed by atoms with Gasteiger partial charge in [-0.25, -0.2) is 13.4 Å². The summed E-state index contributed by atoms with van der Waals surface area (Å²) in [6, 6.07) is 6.46. The van der Waals surface area contributed by atoms with Crippen LogP contribution in [0.25, 0.3) is 0 Å². The number of hydrogen-bond donors (Lipinski definition) is 2. The van der Waals surface area contributed by atoms with E-state index in [1.807, 2.05) is 13.8 Å². The number of nitrogens with one attached hydrogen (secondary N) is 2. The molecule has 0 fully saturated rings. The van der Waals surface area contributed by atoms with Crippen LogP contribution in [0.3, 0.4) is 0 Å². The van der Waals surface area contributed by atoms with Crippen LogP contribution in [-0.4, -0.2) is 19.9 Å². The van der Waals surface area contributed by atoms with E-state index in [-0.39, 0.29) is 5.03 Å². The normalized spacial score (nSPS) is 13.1. The van der Waals surface area contributed by atoms with Gasteiger partial charge in [0, 0.05) is 12.7 Å². The van der Waals surface area contributed by atoms with Crippen LogP contribution < -0.4 is 10.0 Å². The summed E-state index contributed by atoms with van der Waals surface area (Å²) in [4.78, 5) is 3.98. The van der Waals surface area contributed by atoms with Crippen LogP contribution in [-0.2, 0) is 10.0 Å². The monoisotopic (exact) mass is 309 g/mol. The van der Waals surface area contributed by atoms with Crippen molar-refractivity contribution >= 4 is 15.7 Å². The van der Waals surface area contributed by atoms with Gasteiger partial charge in [-0.05, 0) is 45.0 Å². The molecule has 0 aliphatic heterocycles. The van der Waals surface area contributed by atoms with E-state index in [1.165, 1.54) is 6.20 Å². The fraction of sp³-hybridized carbons (Fsp3) is 0.357. The van der Waals surface area contributed by atoms with Crippen LogP contribution in [0.15, 0.2) is 39.9 Å². The van der Waals surface area contributed by atoms with Crippen LogP contribution in [0.4, 0.5) is 5.69 Å². The number of anilines is 1. The number of furan rings is 1. The second kappa shape index (κ2) is 6.28. The zero-order valence-electron chi connectivity index (χ0n) is 12.3. The highest BCUT2D eigenvalue weighted by Crippen LogP contribution is 2.22. The standard InChI is InChI=1S/C14H19N3O3S/c1-4-15-12-6-5-9-16-14(12)21(18,19)17-11(3)13-8-7-10(2)20-13/h5-9,11,15,17H,4H2,1-3H3. The van der Waals surface area contributed by atoms with Gasteiger partial charge >= 0.3 is 0 Å². The minimum atomic E-state index is -3.73. The lowest BCUT2D eigenvalue weighted by molar-refractivity contribution is 0.441. The van der Waals surface area contributed by atoms with Crippen molar-refractivity contribution in [2.45, 2.75) is 31.8 Å². The Bertz CT molecular complexity index is 710. The molecule has 0 aliphatic rings. The third kappa shape index (κ3) is 3.62. The van der Waals surface area contributed by atoms with Crippen molar-refractivity contribution in [3.05, 3.63) is 42.0 Å². The van der Waals surface area contributed by atoms with Crippen molar-refractivity contribution in [2.24, 2.45) is 0 Å². The summed E-state index contributed by atoms with van der Waals surface area (Å²) in [5.41, 5.74) is 0.482. The zero-order chi connectivity index (χ0) is 15.5. The molecule has 7 heteroatoms. The summed E-state index contributed by atoms with van der Waals surface area (Å²) >= 11 is 0. The minimum Gasteiger partial charge on any atom is -0.465 e. The van der Waals surface area contributed by atoms with Crippen LogP contribution in [0.2, 0.25) is 0 Å². The van der Waals surface area contributed by atoms with Crippen LogP contribution in [0, 0.1) is 6.92 Å². The van der Waals surface area contributed by atoms with Crippen molar-refractivity contribution in [3.8, 4) is 0 Å². The zero-order valence-corrected chi connectivity index (χ0v) is 13.1. The summed E-state index contributed by atoms with van der Waals surface area (Å²) in [5, 5.41) is 2.98. The highest BCUT2D eigenvalue weighted by atomic mass is 32.2. The van der Waals surface area contributed by atoms with Gasteiger partial charge in [0.05, 0.1) is 11.7 Å². The van der Waals surface area contributed by atoms with Gasteiger partial charge in [-0.3, -0.25) is 0 Å². The summed E-state index contributed by atoms with van der Waals surface area (Å²) in [6.07, 6.45) is 1.46. The molecular formula is C14H19N3O3S. The lowest BCUT2D eigenvalue weighted by Gasteiger charge is -2.14. The molecule has 2 N–H and O–H groups in total. The molecule has 2 aromatic rings. The molecule has 0 aromatic carbocycles. The first-order chi connectivity index (χ1) is 9.94. The highest BCUT2D eigenvalue weighted by molar-refractivity contribution is 7.89. The quantitative estimate of drug-likeness (QED) is 0.856. The SMILES string of the molecule is CCNc1cccnc1S(=O)(=O)NC(C)c1ccc(C)o1. The summed E-state index contributed by atoms with van der Waals surface area (Å²) < 4.78 is 32.9. The fourth-order valence-corrected chi connectivity index (χ4v) is 3.29. The van der Waals surface area contributed by atoms with Crippen molar-refractivity contribution in [1.82, 2.24) is 9.71 Å². The van der Waals surface area contributed by atoms with E-state index in [9.17, 15) is 8.42 Å². The van der Waals surface area contributed by atoms with E-state index in [1.54, 1.807) is 31.2 Å². The Kier molecular flexibility index (Phi) is 4.64. The third-order valence-electron chi connectivity index (χ3n) is 2.91. The van der Waals surface area contributed by atoms with Crippen LogP contribution in [0.5, 0.6) is 0 Å². The van der Waals surface area contributed by atoms with E-state index >= 15 is 0 Å². The van der Waals surface area contributed by atoms with Crippen molar-refractivity contribution in [3.63, 3.8) is 0 Å². The molecule has 0 saturated carbocycles. The summed E-state index contributed by atoms with van der Waals surface area (Å²) in [7, 11) is -3.73. The summed E-state index contributed by atoms with van der Waals surface area (Å²) in [6.45, 7) is 6.05. The first-order valence-corrected chi connectivity index (χ1v) is 8.20. The maximum atomic E-state index is 12.5. The van der Waals surface area contributed by atoms with Gasteiger partial charge in [-0.1, -0.05) is 0 Å². The first-order valence-electron chi connectivity index (χ1n) is 6.71. The van der Waals surface area contributed by atoms with Gasteiger partial charge in [0.25, 0.3) is 10.0 Å². The van der Waals surface area contributed by atoms with Crippen molar-refractivity contribution in [1.29, 1.82) is 0 Å². The van der Waals surface area contributed by atoms with E-state index < -0.39 is 16.1 Å². The Labute approximate surface area is 124 Å². The first kappa shape index (κ1) is 15.5. The average molecular weight is 309 g/mol. The van der Waals surface area contributed by atoms with E-state index in [0.29, 0.717) is 18.0 Å². The van der Waals surface area contributed by atoms with Gasteiger partial charge < -0.3 is 9.73 Å². The predicted octanol–water partition coefficient (Wildman–Crippen LogP) is 2.45. The number of pyridine rings is 1.